The molecule has 0 bridgehead atoms. The van der Waals surface area contributed by atoms with E-state index in [-0.39, 0.29) is 6.42 Å². The Morgan fingerprint density at radius 3 is 2.79 bits per heavy atom. The van der Waals surface area contributed by atoms with Gasteiger partial charge in [-0.2, -0.15) is 0 Å². The van der Waals surface area contributed by atoms with E-state index in [0.29, 0.717) is 0 Å². The molecule has 14 heavy (non-hydrogen) atoms. The normalized spacial score (nSPS) is 8.21. The zero-order chi connectivity index (χ0) is 10.4. The fourth-order valence-corrected chi connectivity index (χ4v) is 0.909. The quantitative estimate of drug-likeness (QED) is 0.671. The SMILES string of the molecule is C#Cc1cccc(C#CCC(=O)O)c1. The maximum atomic E-state index is 10.2. The van der Waals surface area contributed by atoms with Crippen molar-refractivity contribution in [1.29, 1.82) is 0 Å². The minimum absolute atomic E-state index is 0.152. The number of aliphatic carboxylic acids is 1. The number of carbonyl (C=O) groups is 1. The summed E-state index contributed by atoms with van der Waals surface area (Å²) in [5, 5.41) is 8.36. The van der Waals surface area contributed by atoms with Crippen molar-refractivity contribution in [3.05, 3.63) is 35.4 Å². The molecule has 2 heteroatoms. The number of terminal acetylenes is 1. The van der Waals surface area contributed by atoms with E-state index in [1.165, 1.54) is 0 Å². The van der Waals surface area contributed by atoms with Gasteiger partial charge in [-0.1, -0.05) is 23.8 Å². The molecule has 0 heterocycles. The molecule has 2 nitrogen and oxygen atoms in total. The summed E-state index contributed by atoms with van der Waals surface area (Å²) >= 11 is 0. The van der Waals surface area contributed by atoms with Gasteiger partial charge in [-0.3, -0.25) is 4.79 Å². The van der Waals surface area contributed by atoms with E-state index >= 15 is 0 Å². The summed E-state index contributed by atoms with van der Waals surface area (Å²) in [4.78, 5) is 10.2. The van der Waals surface area contributed by atoms with Crippen molar-refractivity contribution in [1.82, 2.24) is 0 Å². The van der Waals surface area contributed by atoms with Gasteiger partial charge in [0.15, 0.2) is 0 Å². The molecule has 0 aliphatic rings. The molecule has 1 aromatic carbocycles. The second-order valence-electron chi connectivity index (χ2n) is 2.60. The topological polar surface area (TPSA) is 37.3 Å². The first-order valence-electron chi connectivity index (χ1n) is 3.99. The van der Waals surface area contributed by atoms with E-state index < -0.39 is 5.97 Å². The van der Waals surface area contributed by atoms with Crippen molar-refractivity contribution in [3.63, 3.8) is 0 Å². The van der Waals surface area contributed by atoms with Crippen LogP contribution in [0.3, 0.4) is 0 Å². The molecule has 0 spiro atoms. The highest BCUT2D eigenvalue weighted by molar-refractivity contribution is 5.70. The molecule has 0 aliphatic heterocycles. The highest BCUT2D eigenvalue weighted by Gasteiger charge is 1.90. The van der Waals surface area contributed by atoms with Crippen LogP contribution in [0.15, 0.2) is 24.3 Å². The van der Waals surface area contributed by atoms with Gasteiger partial charge in [0.1, 0.15) is 6.42 Å². The number of carboxylic acids is 1. The van der Waals surface area contributed by atoms with E-state index in [2.05, 4.69) is 17.8 Å². The Balaban J connectivity index is 2.80. The van der Waals surface area contributed by atoms with Gasteiger partial charge in [-0.15, -0.1) is 6.42 Å². The number of benzene rings is 1. The molecule has 0 amide bonds. The van der Waals surface area contributed by atoms with Crippen molar-refractivity contribution in [2.75, 3.05) is 0 Å². The Bertz CT molecular complexity index is 441. The molecule has 0 fully saturated rings. The maximum absolute atomic E-state index is 10.2. The monoisotopic (exact) mass is 184 g/mol. The van der Waals surface area contributed by atoms with Crippen LogP contribution >= 0.6 is 0 Å². The van der Waals surface area contributed by atoms with Gasteiger partial charge in [0.25, 0.3) is 0 Å². The molecular formula is C12H8O2. The summed E-state index contributed by atoms with van der Waals surface area (Å²) in [6.07, 6.45) is 5.05. The minimum atomic E-state index is -0.925. The number of carboxylic acid groups (broad SMARTS) is 1. The predicted octanol–water partition coefficient (Wildman–Crippen LogP) is 1.49. The molecular weight excluding hydrogens is 176 g/mol. The first-order valence-corrected chi connectivity index (χ1v) is 3.99. The largest absolute Gasteiger partial charge is 0.481 e. The summed E-state index contributed by atoms with van der Waals surface area (Å²) in [7, 11) is 0. The van der Waals surface area contributed by atoms with Gasteiger partial charge < -0.3 is 5.11 Å². The Labute approximate surface area is 82.6 Å². The molecule has 1 aromatic rings. The lowest BCUT2D eigenvalue weighted by Gasteiger charge is -1.91. The molecule has 68 valence electrons. The molecule has 1 N–H and O–H groups in total. The third-order valence-corrected chi connectivity index (χ3v) is 1.50. The summed E-state index contributed by atoms with van der Waals surface area (Å²) in [6, 6.07) is 7.12. The molecule has 0 aliphatic carbocycles. The van der Waals surface area contributed by atoms with Crippen LogP contribution < -0.4 is 0 Å². The third kappa shape index (κ3) is 3.05. The van der Waals surface area contributed by atoms with Gasteiger partial charge in [0.2, 0.25) is 0 Å². The smallest absolute Gasteiger partial charge is 0.315 e. The zero-order valence-corrected chi connectivity index (χ0v) is 7.45. The fraction of sp³-hybridized carbons (Fsp3) is 0.0833. The Morgan fingerprint density at radius 1 is 1.43 bits per heavy atom. The molecule has 1 rings (SSSR count). The second kappa shape index (κ2) is 4.74. The standard InChI is InChI=1S/C12H8O2/c1-2-10-5-3-6-11(9-10)7-4-8-12(13)14/h1,3,5-6,9H,8H2,(H,13,14). The van der Waals surface area contributed by atoms with Crippen LogP contribution in [0.25, 0.3) is 0 Å². The van der Waals surface area contributed by atoms with Crippen molar-refractivity contribution in [3.8, 4) is 24.2 Å². The van der Waals surface area contributed by atoms with E-state index in [1.54, 1.807) is 24.3 Å². The van der Waals surface area contributed by atoms with Crippen molar-refractivity contribution < 1.29 is 9.90 Å². The summed E-state index contributed by atoms with van der Waals surface area (Å²) < 4.78 is 0. The highest BCUT2D eigenvalue weighted by atomic mass is 16.4. The summed E-state index contributed by atoms with van der Waals surface area (Å²) in [5.74, 6) is 6.82. The molecule has 0 atom stereocenters. The Morgan fingerprint density at radius 2 is 2.14 bits per heavy atom. The molecule has 0 aromatic heterocycles. The number of hydrogen-bond donors (Lipinski definition) is 1. The predicted molar refractivity (Wildman–Crippen MR) is 53.5 cm³/mol. The molecule has 0 saturated carbocycles. The lowest BCUT2D eigenvalue weighted by Crippen LogP contribution is -1.90. The lowest BCUT2D eigenvalue weighted by molar-refractivity contribution is -0.135. The van der Waals surface area contributed by atoms with E-state index in [0.717, 1.165) is 11.1 Å². The van der Waals surface area contributed by atoms with Crippen LogP contribution in [0.2, 0.25) is 0 Å². The first kappa shape index (κ1) is 9.89. The first-order chi connectivity index (χ1) is 6.72. The average molecular weight is 184 g/mol. The van der Waals surface area contributed by atoms with Crippen molar-refractivity contribution in [2.24, 2.45) is 0 Å². The Kier molecular flexibility index (Phi) is 3.35. The highest BCUT2D eigenvalue weighted by Crippen LogP contribution is 2.01. The van der Waals surface area contributed by atoms with Crippen molar-refractivity contribution in [2.45, 2.75) is 6.42 Å². The molecule has 0 unspecified atom stereocenters. The second-order valence-corrected chi connectivity index (χ2v) is 2.60. The van der Waals surface area contributed by atoms with Crippen LogP contribution in [0, 0.1) is 24.2 Å². The number of hydrogen-bond acceptors (Lipinski definition) is 1. The van der Waals surface area contributed by atoms with Crippen LogP contribution in [0.4, 0.5) is 0 Å². The van der Waals surface area contributed by atoms with Crippen molar-refractivity contribution >= 4 is 5.97 Å². The van der Waals surface area contributed by atoms with E-state index in [4.69, 9.17) is 11.5 Å². The van der Waals surface area contributed by atoms with Gasteiger partial charge in [0.05, 0.1) is 0 Å². The molecule has 0 saturated heterocycles. The summed E-state index contributed by atoms with van der Waals surface area (Å²) in [5.41, 5.74) is 1.48. The van der Waals surface area contributed by atoms with Gasteiger partial charge in [0, 0.05) is 11.1 Å². The van der Waals surface area contributed by atoms with Gasteiger partial charge >= 0.3 is 5.97 Å². The lowest BCUT2D eigenvalue weighted by atomic mass is 10.1. The fourth-order valence-electron chi connectivity index (χ4n) is 0.909. The van der Waals surface area contributed by atoms with Crippen LogP contribution in [-0.4, -0.2) is 11.1 Å². The van der Waals surface area contributed by atoms with Crippen LogP contribution in [-0.2, 0) is 4.79 Å². The molecule has 0 radical (unpaired) electrons. The minimum Gasteiger partial charge on any atom is -0.481 e. The van der Waals surface area contributed by atoms with Gasteiger partial charge in [-0.25, -0.2) is 0 Å². The zero-order valence-electron chi connectivity index (χ0n) is 7.45. The Hall–Kier alpha value is -2.19. The summed E-state index contributed by atoms with van der Waals surface area (Å²) in [6.45, 7) is 0. The maximum Gasteiger partial charge on any atom is 0.315 e. The van der Waals surface area contributed by atoms with Gasteiger partial charge in [-0.05, 0) is 18.2 Å². The average Bonchev–Trinajstić information content (AvgIpc) is 2.18. The number of rotatable bonds is 1. The third-order valence-electron chi connectivity index (χ3n) is 1.50. The van der Waals surface area contributed by atoms with E-state index in [9.17, 15) is 4.79 Å². The van der Waals surface area contributed by atoms with Crippen LogP contribution in [0.5, 0.6) is 0 Å². The van der Waals surface area contributed by atoms with Crippen LogP contribution in [0.1, 0.15) is 17.5 Å². The van der Waals surface area contributed by atoms with E-state index in [1.807, 2.05) is 0 Å².